The van der Waals surface area contributed by atoms with Gasteiger partial charge in [-0.05, 0) is 19.3 Å². The number of carbonyl (C=O) groups is 2. The molecule has 4 nitrogen and oxygen atoms in total. The van der Waals surface area contributed by atoms with E-state index in [9.17, 15) is 9.59 Å². The minimum Gasteiger partial charge on any atom is -0.481 e. The summed E-state index contributed by atoms with van der Waals surface area (Å²) in [7, 11) is 0. The van der Waals surface area contributed by atoms with Gasteiger partial charge in [-0.3, -0.25) is 9.59 Å². The summed E-state index contributed by atoms with van der Waals surface area (Å²) >= 11 is 0. The van der Waals surface area contributed by atoms with Crippen molar-refractivity contribution in [2.45, 2.75) is 39.2 Å². The monoisotopic (exact) mass is 199 g/mol. The number of amides is 1. The fourth-order valence-corrected chi connectivity index (χ4v) is 1.56. The van der Waals surface area contributed by atoms with Crippen molar-refractivity contribution in [3.63, 3.8) is 0 Å². The van der Waals surface area contributed by atoms with Crippen LogP contribution >= 0.6 is 0 Å². The molecule has 0 spiro atoms. The molecule has 1 rings (SSSR count). The number of carboxylic acids is 1. The molecular weight excluding hydrogens is 182 g/mol. The summed E-state index contributed by atoms with van der Waals surface area (Å²) in [6.45, 7) is 4.02. The molecule has 0 radical (unpaired) electrons. The number of rotatable bonds is 5. The maximum Gasteiger partial charge on any atom is 0.307 e. The molecule has 4 heteroatoms. The molecule has 2 atom stereocenters. The van der Waals surface area contributed by atoms with Crippen LogP contribution in [0.5, 0.6) is 0 Å². The van der Waals surface area contributed by atoms with Crippen molar-refractivity contribution >= 4 is 11.9 Å². The van der Waals surface area contributed by atoms with E-state index < -0.39 is 11.9 Å². The van der Waals surface area contributed by atoms with E-state index in [0.29, 0.717) is 6.42 Å². The molecule has 1 aliphatic carbocycles. The Balaban J connectivity index is 2.34. The number of nitrogens with one attached hydrogen (secondary N) is 1. The Hall–Kier alpha value is -1.06. The normalized spacial score (nSPS) is 24.8. The van der Waals surface area contributed by atoms with Crippen LogP contribution in [-0.2, 0) is 9.59 Å². The van der Waals surface area contributed by atoms with Gasteiger partial charge in [-0.1, -0.05) is 13.8 Å². The summed E-state index contributed by atoms with van der Waals surface area (Å²) in [5.74, 6) is -1.67. The van der Waals surface area contributed by atoms with Gasteiger partial charge in [0.15, 0.2) is 0 Å². The first kappa shape index (κ1) is 11.0. The number of carboxylic acid groups (broad SMARTS) is 1. The van der Waals surface area contributed by atoms with Gasteiger partial charge in [0.05, 0.1) is 11.8 Å². The summed E-state index contributed by atoms with van der Waals surface area (Å²) in [6.07, 6.45) is 2.29. The van der Waals surface area contributed by atoms with Crippen LogP contribution in [0.1, 0.15) is 33.1 Å². The van der Waals surface area contributed by atoms with Crippen molar-refractivity contribution in [2.75, 3.05) is 0 Å². The molecule has 0 aliphatic heterocycles. The van der Waals surface area contributed by atoms with E-state index in [2.05, 4.69) is 5.32 Å². The minimum atomic E-state index is -0.852. The van der Waals surface area contributed by atoms with Crippen LogP contribution < -0.4 is 5.32 Å². The second kappa shape index (κ2) is 4.44. The van der Waals surface area contributed by atoms with Crippen LogP contribution in [0.2, 0.25) is 0 Å². The lowest BCUT2D eigenvalue weighted by Gasteiger charge is -2.14. The van der Waals surface area contributed by atoms with Gasteiger partial charge in [-0.25, -0.2) is 0 Å². The number of hydrogen-bond donors (Lipinski definition) is 2. The smallest absolute Gasteiger partial charge is 0.307 e. The lowest BCUT2D eigenvalue weighted by atomic mass is 10.1. The van der Waals surface area contributed by atoms with Crippen LogP contribution in [-0.4, -0.2) is 23.0 Å². The predicted octanol–water partition coefficient (Wildman–Crippen LogP) is 1.01. The van der Waals surface area contributed by atoms with E-state index >= 15 is 0 Å². The molecule has 0 heterocycles. The summed E-state index contributed by atoms with van der Waals surface area (Å²) in [4.78, 5) is 22.0. The Morgan fingerprint density at radius 1 is 1.36 bits per heavy atom. The summed E-state index contributed by atoms with van der Waals surface area (Å²) < 4.78 is 0. The first-order chi connectivity index (χ1) is 6.60. The molecule has 0 aromatic heterocycles. The lowest BCUT2D eigenvalue weighted by molar-refractivity contribution is -0.140. The summed E-state index contributed by atoms with van der Waals surface area (Å²) in [6, 6.07) is 0.192. The number of aliphatic carboxylic acids is 1. The molecule has 1 aliphatic rings. The zero-order valence-electron chi connectivity index (χ0n) is 8.62. The van der Waals surface area contributed by atoms with Gasteiger partial charge in [0, 0.05) is 6.04 Å². The Labute approximate surface area is 83.7 Å². The second-order valence-corrected chi connectivity index (χ2v) is 3.81. The van der Waals surface area contributed by atoms with Gasteiger partial charge in [-0.15, -0.1) is 0 Å². The largest absolute Gasteiger partial charge is 0.481 e. The Morgan fingerprint density at radius 3 is 2.29 bits per heavy atom. The molecular formula is C10H17NO3. The molecule has 2 N–H and O–H groups in total. The van der Waals surface area contributed by atoms with Crippen molar-refractivity contribution in [3.8, 4) is 0 Å². The van der Waals surface area contributed by atoms with Crippen LogP contribution in [0, 0.1) is 11.8 Å². The molecule has 0 aromatic rings. The molecule has 80 valence electrons. The highest BCUT2D eigenvalue weighted by molar-refractivity contribution is 5.89. The standard InChI is InChI=1S/C10H17NO3/c1-3-6(4-2)11-9(12)7-5-8(7)10(13)14/h6-8H,3-5H2,1-2H3,(H,11,12)(H,13,14). The van der Waals surface area contributed by atoms with E-state index in [-0.39, 0.29) is 17.9 Å². The van der Waals surface area contributed by atoms with E-state index in [1.54, 1.807) is 0 Å². The molecule has 14 heavy (non-hydrogen) atoms. The van der Waals surface area contributed by atoms with Crippen LogP contribution in [0.25, 0.3) is 0 Å². The minimum absolute atomic E-state index is 0.0916. The highest BCUT2D eigenvalue weighted by Crippen LogP contribution is 2.38. The molecule has 1 fully saturated rings. The molecule has 0 saturated heterocycles. The third-order valence-electron chi connectivity index (χ3n) is 2.78. The van der Waals surface area contributed by atoms with Gasteiger partial charge in [0.1, 0.15) is 0 Å². The van der Waals surface area contributed by atoms with Crippen LogP contribution in [0.4, 0.5) is 0 Å². The Bertz CT molecular complexity index is 236. The van der Waals surface area contributed by atoms with Crippen molar-refractivity contribution in [2.24, 2.45) is 11.8 Å². The van der Waals surface area contributed by atoms with Gasteiger partial charge in [-0.2, -0.15) is 0 Å². The first-order valence-electron chi connectivity index (χ1n) is 5.13. The third kappa shape index (κ3) is 2.47. The van der Waals surface area contributed by atoms with Crippen LogP contribution in [0.15, 0.2) is 0 Å². The SMILES string of the molecule is CCC(CC)NC(=O)C1CC1C(=O)O. The highest BCUT2D eigenvalue weighted by atomic mass is 16.4. The average molecular weight is 199 g/mol. The van der Waals surface area contributed by atoms with Crippen molar-refractivity contribution in [3.05, 3.63) is 0 Å². The fourth-order valence-electron chi connectivity index (χ4n) is 1.56. The van der Waals surface area contributed by atoms with Crippen molar-refractivity contribution < 1.29 is 14.7 Å². The van der Waals surface area contributed by atoms with Gasteiger partial charge in [0.2, 0.25) is 5.91 Å². The van der Waals surface area contributed by atoms with E-state index in [4.69, 9.17) is 5.11 Å². The average Bonchev–Trinajstić information content (AvgIpc) is 2.93. The van der Waals surface area contributed by atoms with Gasteiger partial charge >= 0.3 is 5.97 Å². The fraction of sp³-hybridized carbons (Fsp3) is 0.800. The zero-order chi connectivity index (χ0) is 10.7. The number of hydrogen-bond acceptors (Lipinski definition) is 2. The number of carbonyl (C=O) groups excluding carboxylic acids is 1. The Morgan fingerprint density at radius 2 is 1.93 bits per heavy atom. The molecule has 0 aromatic carbocycles. The van der Waals surface area contributed by atoms with Crippen molar-refractivity contribution in [1.29, 1.82) is 0 Å². The molecule has 0 bridgehead atoms. The van der Waals surface area contributed by atoms with Crippen LogP contribution in [0.3, 0.4) is 0 Å². The summed E-state index contributed by atoms with van der Waals surface area (Å²) in [5, 5.41) is 11.5. The van der Waals surface area contributed by atoms with Gasteiger partial charge < -0.3 is 10.4 Å². The molecule has 1 saturated carbocycles. The van der Waals surface area contributed by atoms with Gasteiger partial charge in [0.25, 0.3) is 0 Å². The predicted molar refractivity (Wildman–Crippen MR) is 51.7 cm³/mol. The topological polar surface area (TPSA) is 66.4 Å². The summed E-state index contributed by atoms with van der Waals surface area (Å²) in [5.41, 5.74) is 0. The first-order valence-corrected chi connectivity index (χ1v) is 5.13. The van der Waals surface area contributed by atoms with E-state index in [1.165, 1.54) is 0 Å². The highest BCUT2D eigenvalue weighted by Gasteiger charge is 2.48. The lowest BCUT2D eigenvalue weighted by Crippen LogP contribution is -2.35. The Kier molecular flexibility index (Phi) is 3.49. The molecule has 2 unspecified atom stereocenters. The molecule has 1 amide bonds. The van der Waals surface area contributed by atoms with E-state index in [1.807, 2.05) is 13.8 Å². The maximum absolute atomic E-state index is 11.5. The second-order valence-electron chi connectivity index (χ2n) is 3.81. The van der Waals surface area contributed by atoms with E-state index in [0.717, 1.165) is 12.8 Å². The third-order valence-corrected chi connectivity index (χ3v) is 2.78. The quantitative estimate of drug-likeness (QED) is 0.694. The van der Waals surface area contributed by atoms with Crippen molar-refractivity contribution in [1.82, 2.24) is 5.32 Å². The maximum atomic E-state index is 11.5. The zero-order valence-corrected chi connectivity index (χ0v) is 8.62.